The number of nitrogens with zero attached hydrogens (tertiary/aromatic N) is 2. The van der Waals surface area contributed by atoms with Gasteiger partial charge in [0.2, 0.25) is 5.88 Å². The topological polar surface area (TPSA) is 80.7 Å². The van der Waals surface area contributed by atoms with Crippen LogP contribution < -0.4 is 15.8 Å². The van der Waals surface area contributed by atoms with Crippen LogP contribution in [0.2, 0.25) is 0 Å². The van der Waals surface area contributed by atoms with Crippen molar-refractivity contribution in [2.45, 2.75) is 25.9 Å². The van der Waals surface area contributed by atoms with Gasteiger partial charge in [-0.3, -0.25) is 14.8 Å². The van der Waals surface area contributed by atoms with Gasteiger partial charge in [-0.1, -0.05) is 18.2 Å². The first-order valence-electron chi connectivity index (χ1n) is 9.50. The lowest BCUT2D eigenvalue weighted by Gasteiger charge is -2.37. The Hall–Kier alpha value is -3.12. The highest BCUT2D eigenvalue weighted by atomic mass is 16.3. The Morgan fingerprint density at radius 1 is 1.04 bits per heavy atom. The highest BCUT2D eigenvalue weighted by Crippen LogP contribution is 2.24. The minimum absolute atomic E-state index is 0.173. The van der Waals surface area contributed by atoms with E-state index in [0.29, 0.717) is 28.4 Å². The van der Waals surface area contributed by atoms with Crippen molar-refractivity contribution in [3.8, 4) is 5.88 Å². The van der Waals surface area contributed by atoms with Crippen LogP contribution >= 0.6 is 0 Å². The lowest BCUT2D eigenvalue weighted by Crippen LogP contribution is -2.54. The first-order chi connectivity index (χ1) is 13.5. The number of aliphatic imine (C=N–C) groups is 1. The number of H-pyrrole nitrogens is 1. The SMILES string of the molecule is CC1CN(c2ccc(N=Cc3c(O)[nH]c(=O)c4ccccc34)cc2)CC(C)N1. The van der Waals surface area contributed by atoms with Crippen LogP contribution in [0.15, 0.2) is 58.3 Å². The molecule has 2 aromatic carbocycles. The summed E-state index contributed by atoms with van der Waals surface area (Å²) in [5.41, 5.74) is 2.16. The molecule has 6 nitrogen and oxygen atoms in total. The van der Waals surface area contributed by atoms with Crippen LogP contribution in [-0.2, 0) is 0 Å². The van der Waals surface area contributed by atoms with Crippen molar-refractivity contribution in [2.24, 2.45) is 4.99 Å². The summed E-state index contributed by atoms with van der Waals surface area (Å²) in [6.07, 6.45) is 1.59. The fraction of sp³-hybridized carbons (Fsp3) is 0.273. The third kappa shape index (κ3) is 3.64. The first kappa shape index (κ1) is 18.3. The molecule has 0 radical (unpaired) electrons. The maximum Gasteiger partial charge on any atom is 0.258 e. The molecule has 0 aliphatic carbocycles. The Morgan fingerprint density at radius 2 is 1.68 bits per heavy atom. The molecule has 1 aromatic heterocycles. The molecule has 1 saturated heterocycles. The van der Waals surface area contributed by atoms with Crippen molar-refractivity contribution in [1.82, 2.24) is 10.3 Å². The van der Waals surface area contributed by atoms with Gasteiger partial charge in [-0.25, -0.2) is 0 Å². The molecule has 144 valence electrons. The van der Waals surface area contributed by atoms with Gasteiger partial charge < -0.3 is 15.3 Å². The average Bonchev–Trinajstić information content (AvgIpc) is 2.67. The summed E-state index contributed by atoms with van der Waals surface area (Å²) in [4.78, 5) is 21.3. The van der Waals surface area contributed by atoms with Crippen molar-refractivity contribution >= 4 is 28.4 Å². The second-order valence-corrected chi connectivity index (χ2v) is 7.41. The maximum atomic E-state index is 12.0. The number of nitrogens with one attached hydrogen (secondary N) is 2. The van der Waals surface area contributed by atoms with Gasteiger partial charge in [0.15, 0.2) is 0 Å². The predicted octanol–water partition coefficient (Wildman–Crippen LogP) is 3.17. The van der Waals surface area contributed by atoms with E-state index in [4.69, 9.17) is 0 Å². The number of anilines is 1. The molecule has 3 N–H and O–H groups in total. The summed E-state index contributed by atoms with van der Waals surface area (Å²) in [6.45, 7) is 6.35. The van der Waals surface area contributed by atoms with Crippen molar-refractivity contribution < 1.29 is 5.11 Å². The number of hydrogen-bond acceptors (Lipinski definition) is 5. The molecule has 4 rings (SSSR count). The smallest absolute Gasteiger partial charge is 0.258 e. The van der Waals surface area contributed by atoms with Crippen molar-refractivity contribution in [1.29, 1.82) is 0 Å². The number of rotatable bonds is 3. The molecular weight excluding hydrogens is 352 g/mol. The van der Waals surface area contributed by atoms with E-state index in [1.807, 2.05) is 24.3 Å². The van der Waals surface area contributed by atoms with Gasteiger partial charge in [0.25, 0.3) is 5.56 Å². The first-order valence-corrected chi connectivity index (χ1v) is 9.50. The van der Waals surface area contributed by atoms with Crippen molar-refractivity contribution in [3.05, 3.63) is 64.4 Å². The molecule has 1 aliphatic rings. The van der Waals surface area contributed by atoms with E-state index in [0.717, 1.165) is 18.8 Å². The molecule has 1 fully saturated rings. The van der Waals surface area contributed by atoms with Gasteiger partial charge >= 0.3 is 0 Å². The quantitative estimate of drug-likeness (QED) is 0.614. The van der Waals surface area contributed by atoms with Gasteiger partial charge in [0.05, 0.1) is 11.3 Å². The maximum absolute atomic E-state index is 12.0. The second kappa shape index (κ2) is 7.48. The number of piperazine rings is 1. The largest absolute Gasteiger partial charge is 0.494 e. The highest BCUT2D eigenvalue weighted by Gasteiger charge is 2.20. The highest BCUT2D eigenvalue weighted by molar-refractivity contribution is 6.01. The van der Waals surface area contributed by atoms with Gasteiger partial charge in [-0.05, 0) is 44.2 Å². The number of fused-ring (bicyclic) bond motifs is 1. The monoisotopic (exact) mass is 376 g/mol. The van der Waals surface area contributed by atoms with Crippen LogP contribution in [-0.4, -0.2) is 41.5 Å². The summed E-state index contributed by atoms with van der Waals surface area (Å²) >= 11 is 0. The number of hydrogen-bond donors (Lipinski definition) is 3. The zero-order chi connectivity index (χ0) is 19.7. The van der Waals surface area contributed by atoms with E-state index in [2.05, 4.69) is 46.2 Å². The minimum Gasteiger partial charge on any atom is -0.494 e. The van der Waals surface area contributed by atoms with Crippen LogP contribution in [0.5, 0.6) is 5.88 Å². The van der Waals surface area contributed by atoms with E-state index in [-0.39, 0.29) is 11.4 Å². The molecule has 1 aliphatic heterocycles. The van der Waals surface area contributed by atoms with Crippen LogP contribution in [0.1, 0.15) is 19.4 Å². The third-order valence-corrected chi connectivity index (χ3v) is 5.06. The summed E-state index contributed by atoms with van der Waals surface area (Å²) < 4.78 is 0. The molecule has 0 bridgehead atoms. The fourth-order valence-corrected chi connectivity index (χ4v) is 3.84. The molecule has 2 atom stereocenters. The van der Waals surface area contributed by atoms with E-state index in [1.165, 1.54) is 5.69 Å². The van der Waals surface area contributed by atoms with E-state index in [9.17, 15) is 9.90 Å². The third-order valence-electron chi connectivity index (χ3n) is 5.06. The number of benzene rings is 2. The Balaban J connectivity index is 1.59. The van der Waals surface area contributed by atoms with Gasteiger partial charge in [0, 0.05) is 47.8 Å². The van der Waals surface area contributed by atoms with Crippen LogP contribution in [0.3, 0.4) is 0 Å². The van der Waals surface area contributed by atoms with Gasteiger partial charge in [-0.15, -0.1) is 0 Å². The normalized spacial score (nSPS) is 20.1. The van der Waals surface area contributed by atoms with E-state index < -0.39 is 0 Å². The molecule has 2 unspecified atom stereocenters. The van der Waals surface area contributed by atoms with E-state index >= 15 is 0 Å². The van der Waals surface area contributed by atoms with Crippen LogP contribution in [0.25, 0.3) is 10.8 Å². The standard InChI is InChI=1S/C22H24N4O2/c1-14-12-26(13-15(2)24-14)17-9-7-16(8-10-17)23-11-20-18-5-3-4-6-19(18)21(27)25-22(20)28/h3-11,14-15,24H,12-13H2,1-2H3,(H2,25,27,28). The number of aromatic nitrogens is 1. The lowest BCUT2D eigenvalue weighted by molar-refractivity contribution is 0.407. The zero-order valence-electron chi connectivity index (χ0n) is 16.0. The number of aromatic amines is 1. The van der Waals surface area contributed by atoms with Gasteiger partial charge in [0.1, 0.15) is 0 Å². The van der Waals surface area contributed by atoms with Crippen LogP contribution in [0.4, 0.5) is 11.4 Å². The van der Waals surface area contributed by atoms with E-state index in [1.54, 1.807) is 18.3 Å². The summed E-state index contributed by atoms with van der Waals surface area (Å²) in [7, 11) is 0. The molecule has 0 amide bonds. The average molecular weight is 376 g/mol. The molecular formula is C22H24N4O2. The Kier molecular flexibility index (Phi) is 4.88. The summed E-state index contributed by atoms with van der Waals surface area (Å²) in [6, 6.07) is 16.2. The van der Waals surface area contributed by atoms with Gasteiger partial charge in [-0.2, -0.15) is 0 Å². The number of pyridine rings is 1. The molecule has 0 spiro atoms. The van der Waals surface area contributed by atoms with Crippen LogP contribution in [0, 0.1) is 0 Å². The number of aromatic hydroxyl groups is 1. The zero-order valence-corrected chi connectivity index (χ0v) is 16.0. The fourth-order valence-electron chi connectivity index (χ4n) is 3.84. The Morgan fingerprint density at radius 3 is 2.36 bits per heavy atom. The molecule has 3 aromatic rings. The lowest BCUT2D eigenvalue weighted by atomic mass is 10.1. The minimum atomic E-state index is -0.311. The summed E-state index contributed by atoms with van der Waals surface area (Å²) in [5.74, 6) is -0.173. The second-order valence-electron chi connectivity index (χ2n) is 7.41. The molecule has 6 heteroatoms. The van der Waals surface area contributed by atoms with Crippen molar-refractivity contribution in [3.63, 3.8) is 0 Å². The Bertz CT molecular complexity index is 1060. The molecule has 2 heterocycles. The molecule has 0 saturated carbocycles. The summed E-state index contributed by atoms with van der Waals surface area (Å²) in [5, 5.41) is 14.9. The van der Waals surface area contributed by atoms with Crippen molar-refractivity contribution in [2.75, 3.05) is 18.0 Å². The Labute approximate surface area is 163 Å². The predicted molar refractivity (Wildman–Crippen MR) is 114 cm³/mol. The molecule has 28 heavy (non-hydrogen) atoms.